The highest BCUT2D eigenvalue weighted by molar-refractivity contribution is 7.99. The van der Waals surface area contributed by atoms with Crippen molar-refractivity contribution in [2.75, 3.05) is 12.3 Å². The third-order valence-corrected chi connectivity index (χ3v) is 2.79. The Labute approximate surface area is 88.1 Å². The number of nitrogens with zero attached hydrogens (tertiary/aromatic N) is 1. The van der Waals surface area contributed by atoms with Gasteiger partial charge in [-0.2, -0.15) is 0 Å². The van der Waals surface area contributed by atoms with E-state index in [1.165, 1.54) is 0 Å². The van der Waals surface area contributed by atoms with Gasteiger partial charge in [0.15, 0.2) is 5.78 Å². The molecule has 1 rings (SSSR count). The van der Waals surface area contributed by atoms with Crippen LogP contribution in [0.3, 0.4) is 0 Å². The average Bonchev–Trinajstić information content (AvgIpc) is 2.19. The van der Waals surface area contributed by atoms with E-state index in [0.717, 1.165) is 17.1 Å². The van der Waals surface area contributed by atoms with Gasteiger partial charge in [0.2, 0.25) is 0 Å². The number of aromatic nitrogens is 1. The number of nitrogens with two attached hydrogens (primary N) is 1. The van der Waals surface area contributed by atoms with Crippen molar-refractivity contribution < 1.29 is 4.79 Å². The molecule has 1 aromatic heterocycles. The van der Waals surface area contributed by atoms with Crippen LogP contribution in [0.25, 0.3) is 0 Å². The number of Topliss-reactive ketones (excluding diaryl/α,β-unsaturated/α-hetero) is 1. The van der Waals surface area contributed by atoms with Gasteiger partial charge in [-0.15, -0.1) is 11.8 Å². The fraction of sp³-hybridized carbons (Fsp3) is 0.400. The lowest BCUT2D eigenvalue weighted by Gasteiger charge is -2.01. The van der Waals surface area contributed by atoms with E-state index in [0.29, 0.717) is 12.1 Å². The molecule has 0 aromatic carbocycles. The molecule has 0 aliphatic heterocycles. The van der Waals surface area contributed by atoms with Crippen molar-refractivity contribution in [2.45, 2.75) is 18.2 Å². The van der Waals surface area contributed by atoms with Gasteiger partial charge in [-0.25, -0.2) is 0 Å². The van der Waals surface area contributed by atoms with Crippen LogP contribution in [-0.2, 0) is 0 Å². The molecule has 1 aromatic rings. The quantitative estimate of drug-likeness (QED) is 0.457. The molecule has 4 heteroatoms. The molecule has 0 aliphatic carbocycles. The second-order valence-electron chi connectivity index (χ2n) is 2.96. The SMILES string of the molecule is CC(=O)c1cncc(SCCCN)c1. The fourth-order valence-corrected chi connectivity index (χ4v) is 1.86. The van der Waals surface area contributed by atoms with E-state index in [1.807, 2.05) is 6.07 Å². The molecule has 3 nitrogen and oxygen atoms in total. The third kappa shape index (κ3) is 3.47. The summed E-state index contributed by atoms with van der Waals surface area (Å²) in [6.07, 6.45) is 4.35. The van der Waals surface area contributed by atoms with E-state index in [-0.39, 0.29) is 5.78 Å². The topological polar surface area (TPSA) is 56.0 Å². The Bertz CT molecular complexity index is 315. The summed E-state index contributed by atoms with van der Waals surface area (Å²) in [5.41, 5.74) is 6.06. The van der Waals surface area contributed by atoms with Crippen molar-refractivity contribution in [1.82, 2.24) is 4.98 Å². The molecular formula is C10H14N2OS. The third-order valence-electron chi connectivity index (χ3n) is 1.74. The molecule has 0 saturated carbocycles. The maximum absolute atomic E-state index is 11.1. The van der Waals surface area contributed by atoms with Gasteiger partial charge >= 0.3 is 0 Å². The molecule has 14 heavy (non-hydrogen) atoms. The Kier molecular flexibility index (Phi) is 4.62. The van der Waals surface area contributed by atoms with Crippen LogP contribution in [0.15, 0.2) is 23.4 Å². The summed E-state index contributed by atoms with van der Waals surface area (Å²) in [5.74, 6) is 1.03. The van der Waals surface area contributed by atoms with Crippen molar-refractivity contribution in [3.05, 3.63) is 24.0 Å². The fourth-order valence-electron chi connectivity index (χ4n) is 0.964. The van der Waals surface area contributed by atoms with Crippen LogP contribution in [0, 0.1) is 0 Å². The largest absolute Gasteiger partial charge is 0.330 e. The average molecular weight is 210 g/mol. The number of thioether (sulfide) groups is 1. The highest BCUT2D eigenvalue weighted by Crippen LogP contribution is 2.18. The van der Waals surface area contributed by atoms with Crippen LogP contribution < -0.4 is 5.73 Å². The Morgan fingerprint density at radius 1 is 1.57 bits per heavy atom. The van der Waals surface area contributed by atoms with Gasteiger partial charge in [-0.1, -0.05) is 0 Å². The lowest BCUT2D eigenvalue weighted by atomic mass is 10.2. The van der Waals surface area contributed by atoms with Gasteiger partial charge in [-0.3, -0.25) is 9.78 Å². The molecule has 0 amide bonds. The Hall–Kier alpha value is -0.870. The van der Waals surface area contributed by atoms with Gasteiger partial charge in [0.1, 0.15) is 0 Å². The minimum Gasteiger partial charge on any atom is -0.330 e. The molecule has 0 saturated heterocycles. The Morgan fingerprint density at radius 2 is 2.36 bits per heavy atom. The minimum absolute atomic E-state index is 0.0544. The molecule has 0 spiro atoms. The summed E-state index contributed by atoms with van der Waals surface area (Å²) in [5, 5.41) is 0. The number of carbonyl (C=O) groups excluding carboxylic acids is 1. The van der Waals surface area contributed by atoms with Crippen LogP contribution in [0.4, 0.5) is 0 Å². The predicted molar refractivity (Wildman–Crippen MR) is 58.6 cm³/mol. The van der Waals surface area contributed by atoms with Crippen molar-refractivity contribution in [3.8, 4) is 0 Å². The van der Waals surface area contributed by atoms with Crippen molar-refractivity contribution >= 4 is 17.5 Å². The molecular weight excluding hydrogens is 196 g/mol. The van der Waals surface area contributed by atoms with Crippen LogP contribution in [0.1, 0.15) is 23.7 Å². The van der Waals surface area contributed by atoms with Gasteiger partial charge in [0, 0.05) is 22.9 Å². The molecule has 0 bridgehead atoms. The summed E-state index contributed by atoms with van der Waals surface area (Å²) in [4.78, 5) is 16.1. The van der Waals surface area contributed by atoms with E-state index >= 15 is 0 Å². The number of hydrogen-bond donors (Lipinski definition) is 1. The number of rotatable bonds is 5. The van der Waals surface area contributed by atoms with Gasteiger partial charge in [0.05, 0.1) is 0 Å². The lowest BCUT2D eigenvalue weighted by Crippen LogP contribution is -1.99. The summed E-state index contributed by atoms with van der Waals surface area (Å²) in [6, 6.07) is 1.87. The summed E-state index contributed by atoms with van der Waals surface area (Å²) < 4.78 is 0. The first-order valence-corrected chi connectivity index (χ1v) is 5.51. The Morgan fingerprint density at radius 3 is 3.00 bits per heavy atom. The van der Waals surface area contributed by atoms with Crippen molar-refractivity contribution in [2.24, 2.45) is 5.73 Å². The van der Waals surface area contributed by atoms with E-state index in [1.54, 1.807) is 31.1 Å². The number of hydrogen-bond acceptors (Lipinski definition) is 4. The molecule has 76 valence electrons. The van der Waals surface area contributed by atoms with E-state index in [2.05, 4.69) is 4.98 Å². The van der Waals surface area contributed by atoms with E-state index in [9.17, 15) is 4.79 Å². The first kappa shape index (κ1) is 11.2. The lowest BCUT2D eigenvalue weighted by molar-refractivity contribution is 0.101. The minimum atomic E-state index is 0.0544. The van der Waals surface area contributed by atoms with E-state index in [4.69, 9.17) is 5.73 Å². The summed E-state index contributed by atoms with van der Waals surface area (Å²) in [7, 11) is 0. The maximum atomic E-state index is 11.1. The zero-order chi connectivity index (χ0) is 10.4. The van der Waals surface area contributed by atoms with Crippen LogP contribution >= 0.6 is 11.8 Å². The first-order valence-electron chi connectivity index (χ1n) is 4.53. The molecule has 0 unspecified atom stereocenters. The van der Waals surface area contributed by atoms with Crippen LogP contribution in [0.2, 0.25) is 0 Å². The normalized spacial score (nSPS) is 10.1. The summed E-state index contributed by atoms with van der Waals surface area (Å²) >= 11 is 1.68. The predicted octanol–water partition coefficient (Wildman–Crippen LogP) is 1.73. The van der Waals surface area contributed by atoms with Crippen molar-refractivity contribution in [3.63, 3.8) is 0 Å². The second kappa shape index (κ2) is 5.78. The van der Waals surface area contributed by atoms with Crippen LogP contribution in [0.5, 0.6) is 0 Å². The maximum Gasteiger partial charge on any atom is 0.161 e. The van der Waals surface area contributed by atoms with Gasteiger partial charge in [0.25, 0.3) is 0 Å². The number of pyridine rings is 1. The molecule has 0 radical (unpaired) electrons. The van der Waals surface area contributed by atoms with E-state index < -0.39 is 0 Å². The number of ketones is 1. The van der Waals surface area contributed by atoms with Gasteiger partial charge in [-0.05, 0) is 31.7 Å². The molecule has 0 aliphatic rings. The molecule has 0 atom stereocenters. The first-order chi connectivity index (χ1) is 6.74. The number of carbonyl (C=O) groups is 1. The zero-order valence-electron chi connectivity index (χ0n) is 8.19. The summed E-state index contributed by atoms with van der Waals surface area (Å²) in [6.45, 7) is 2.25. The standard InChI is InChI=1S/C10H14N2OS/c1-8(13)9-5-10(7-12-6-9)14-4-2-3-11/h5-7H,2-4,11H2,1H3. The van der Waals surface area contributed by atoms with Gasteiger partial charge < -0.3 is 5.73 Å². The highest BCUT2D eigenvalue weighted by Gasteiger charge is 2.01. The van der Waals surface area contributed by atoms with Crippen molar-refractivity contribution in [1.29, 1.82) is 0 Å². The Balaban J connectivity index is 2.59. The molecule has 1 heterocycles. The monoisotopic (exact) mass is 210 g/mol. The smallest absolute Gasteiger partial charge is 0.161 e. The van der Waals surface area contributed by atoms with Crippen LogP contribution in [-0.4, -0.2) is 23.1 Å². The second-order valence-corrected chi connectivity index (χ2v) is 4.12. The highest BCUT2D eigenvalue weighted by atomic mass is 32.2. The molecule has 2 N–H and O–H groups in total. The zero-order valence-corrected chi connectivity index (χ0v) is 9.01. The molecule has 0 fully saturated rings.